The van der Waals surface area contributed by atoms with Gasteiger partial charge < -0.3 is 52.6 Å². The maximum absolute atomic E-state index is 13.5. The van der Waals surface area contributed by atoms with Gasteiger partial charge in [-0.15, -0.1) is 0 Å². The van der Waals surface area contributed by atoms with E-state index in [2.05, 4.69) is 31.9 Å². The first-order valence-electron chi connectivity index (χ1n) is 18.0. The average molecular weight is 848 g/mol. The fourth-order valence-corrected chi connectivity index (χ4v) is 8.46. The number of nitrogens with one attached hydrogen (secondary N) is 6. The van der Waals surface area contributed by atoms with Crippen molar-refractivity contribution in [2.45, 2.75) is 108 Å². The third-order valence-corrected chi connectivity index (χ3v) is 12.2. The van der Waals surface area contributed by atoms with Crippen LogP contribution in [0.1, 0.15) is 60.3 Å². The number of fused-ring (bicyclic) bond motifs is 3. The standard InChI is InChI=1S/C34H53N7O12S3/c1-16(2)26-31(48)38-21-14-54-18(5)28(41-30(21)47)32(49)40-27(17(3)4)34(52)53-19(12-24(43)39-26)8-6-7-11-55-56-15-22(29(46)36-13-25(44)45)37-23(42)10-9-20(35)33(50)51/h6,8,16-22,26-28H,7,9-15,35H2,1-5H3,(H,36,46)(H,37,42)(H,38,48)(H,39,43)(H,40,49)(H,41,47)(H,44,45)(H,50,51). The monoisotopic (exact) mass is 847 g/mol. The molecule has 8 unspecified atom stereocenters. The van der Waals surface area contributed by atoms with E-state index >= 15 is 0 Å². The summed E-state index contributed by atoms with van der Waals surface area (Å²) in [5.74, 6) is -7.24. The predicted octanol–water partition coefficient (Wildman–Crippen LogP) is -1.11. The number of allylic oxidation sites excluding steroid dienone is 1. The zero-order chi connectivity index (χ0) is 42.1. The minimum Gasteiger partial charge on any atom is -0.480 e. The molecule has 8 atom stereocenters. The molecule has 0 aromatic rings. The van der Waals surface area contributed by atoms with E-state index in [1.54, 1.807) is 40.7 Å². The van der Waals surface area contributed by atoms with Gasteiger partial charge in [0.2, 0.25) is 35.4 Å². The van der Waals surface area contributed by atoms with Crippen LogP contribution in [0.15, 0.2) is 12.2 Å². The Labute approximate surface area is 337 Å². The van der Waals surface area contributed by atoms with Crippen LogP contribution in [0.2, 0.25) is 0 Å². The Morgan fingerprint density at radius 2 is 1.62 bits per heavy atom. The first kappa shape index (κ1) is 48.1. The van der Waals surface area contributed by atoms with Gasteiger partial charge in [-0.1, -0.05) is 62.3 Å². The van der Waals surface area contributed by atoms with E-state index in [9.17, 15) is 43.2 Å². The van der Waals surface area contributed by atoms with E-state index in [1.807, 2.05) is 0 Å². The van der Waals surface area contributed by atoms with E-state index < -0.39 is 113 Å². The summed E-state index contributed by atoms with van der Waals surface area (Å²) in [6, 6.07) is -6.51. The van der Waals surface area contributed by atoms with Gasteiger partial charge in [0.25, 0.3) is 0 Å². The normalized spacial score (nSPS) is 25.0. The van der Waals surface area contributed by atoms with Crippen LogP contribution in [0.5, 0.6) is 0 Å². The van der Waals surface area contributed by atoms with Crippen LogP contribution >= 0.6 is 33.3 Å². The molecule has 0 radical (unpaired) electrons. The van der Waals surface area contributed by atoms with Crippen molar-refractivity contribution in [2.75, 3.05) is 23.8 Å². The van der Waals surface area contributed by atoms with Gasteiger partial charge >= 0.3 is 17.9 Å². The van der Waals surface area contributed by atoms with E-state index in [-0.39, 0.29) is 36.7 Å². The van der Waals surface area contributed by atoms with E-state index in [0.29, 0.717) is 12.2 Å². The molecule has 0 spiro atoms. The molecule has 0 aromatic heterocycles. The van der Waals surface area contributed by atoms with Crippen molar-refractivity contribution < 1.29 is 58.1 Å². The summed E-state index contributed by atoms with van der Waals surface area (Å²) in [7, 11) is 2.52. The average Bonchev–Trinajstić information content (AvgIpc) is 3.25. The van der Waals surface area contributed by atoms with E-state index in [0.717, 1.165) is 0 Å². The topological polar surface area (TPSA) is 302 Å². The lowest BCUT2D eigenvalue weighted by molar-refractivity contribution is -0.153. The molecule has 10 N–H and O–H groups in total. The molecule has 0 aliphatic carbocycles. The maximum atomic E-state index is 13.5. The van der Waals surface area contributed by atoms with Crippen molar-refractivity contribution in [1.29, 1.82) is 0 Å². The minimum atomic E-state index is -1.29. The molecule has 2 saturated heterocycles. The molecule has 2 bridgehead atoms. The molecule has 2 fully saturated rings. The highest BCUT2D eigenvalue weighted by atomic mass is 33.1. The van der Waals surface area contributed by atoms with Gasteiger partial charge in [0, 0.05) is 28.9 Å². The van der Waals surface area contributed by atoms with Crippen molar-refractivity contribution in [3.8, 4) is 0 Å². The lowest BCUT2D eigenvalue weighted by atomic mass is 10.0. The molecule has 314 valence electrons. The van der Waals surface area contributed by atoms with Gasteiger partial charge in [-0.3, -0.25) is 38.4 Å². The minimum absolute atomic E-state index is 0.0343. The van der Waals surface area contributed by atoms with Gasteiger partial charge in [0.05, 0.1) is 6.42 Å². The number of carbonyl (C=O) groups excluding carboxylic acids is 7. The van der Waals surface area contributed by atoms with Crippen LogP contribution in [0.3, 0.4) is 0 Å². The second kappa shape index (κ2) is 23.9. The number of cyclic esters (lactones) is 1. The number of thioether (sulfide) groups is 1. The largest absolute Gasteiger partial charge is 0.480 e. The number of amides is 6. The Hall–Kier alpha value is -4.02. The summed E-state index contributed by atoms with van der Waals surface area (Å²) in [5, 5.41) is 32.9. The van der Waals surface area contributed by atoms with E-state index in [1.165, 1.54) is 39.4 Å². The van der Waals surface area contributed by atoms with Crippen LogP contribution in [-0.4, -0.2) is 135 Å². The molecule has 2 rings (SSSR count). The number of ether oxygens (including phenoxy) is 1. The SMILES string of the molecule is CC(C)C1NC(=O)CC(C=CCCSSCC(NC(=O)CCC(N)C(=O)O)C(=O)NCC(=O)O)OC(=O)C(C(C)C)NC(=O)C2NC(=O)C(CSC2C)NC1=O. The number of carboxylic acid groups (broad SMARTS) is 2. The predicted molar refractivity (Wildman–Crippen MR) is 210 cm³/mol. The lowest BCUT2D eigenvalue weighted by Gasteiger charge is -2.28. The summed E-state index contributed by atoms with van der Waals surface area (Å²) in [6.07, 6.45) is 1.69. The number of nitrogens with two attached hydrogens (primary N) is 1. The van der Waals surface area contributed by atoms with Crippen molar-refractivity contribution in [3.63, 3.8) is 0 Å². The van der Waals surface area contributed by atoms with E-state index in [4.69, 9.17) is 20.7 Å². The molecule has 2 heterocycles. The molecule has 2 aliphatic heterocycles. The summed E-state index contributed by atoms with van der Waals surface area (Å²) in [4.78, 5) is 114. The Balaban J connectivity index is 2.16. The highest BCUT2D eigenvalue weighted by Gasteiger charge is 2.39. The van der Waals surface area contributed by atoms with Gasteiger partial charge in [-0.05, 0) is 30.8 Å². The third-order valence-electron chi connectivity index (χ3n) is 8.45. The molecular weight excluding hydrogens is 795 g/mol. The smallest absolute Gasteiger partial charge is 0.329 e. The highest BCUT2D eigenvalue weighted by Crippen LogP contribution is 2.24. The molecule has 22 heteroatoms. The molecule has 6 amide bonds. The second-order valence-electron chi connectivity index (χ2n) is 13.8. The zero-order valence-electron chi connectivity index (χ0n) is 31.9. The van der Waals surface area contributed by atoms with Gasteiger partial charge in [-0.2, -0.15) is 11.8 Å². The number of hydrogen-bond acceptors (Lipinski definition) is 14. The number of hydrogen-bond donors (Lipinski definition) is 9. The lowest BCUT2D eigenvalue weighted by Crippen LogP contribution is -2.59. The van der Waals surface area contributed by atoms with Crippen LogP contribution in [-0.2, 0) is 47.9 Å². The Kier molecular flexibility index (Phi) is 20.5. The maximum Gasteiger partial charge on any atom is 0.329 e. The number of rotatable bonds is 17. The van der Waals surface area contributed by atoms with Gasteiger partial charge in [-0.25, -0.2) is 4.79 Å². The van der Waals surface area contributed by atoms with Crippen LogP contribution in [0.25, 0.3) is 0 Å². The van der Waals surface area contributed by atoms with Crippen molar-refractivity contribution in [1.82, 2.24) is 31.9 Å². The van der Waals surface area contributed by atoms with Crippen molar-refractivity contribution in [3.05, 3.63) is 12.2 Å². The quantitative estimate of drug-likeness (QED) is 0.0363. The van der Waals surface area contributed by atoms with Crippen molar-refractivity contribution >= 4 is 86.7 Å². The first-order valence-corrected chi connectivity index (χ1v) is 21.5. The summed E-state index contributed by atoms with van der Waals surface area (Å²) < 4.78 is 5.75. The Bertz CT molecular complexity index is 1480. The van der Waals surface area contributed by atoms with Crippen LogP contribution < -0.4 is 37.6 Å². The zero-order valence-corrected chi connectivity index (χ0v) is 34.3. The summed E-state index contributed by atoms with van der Waals surface area (Å²) in [5.41, 5.74) is 5.44. The highest BCUT2D eigenvalue weighted by molar-refractivity contribution is 8.76. The Morgan fingerprint density at radius 3 is 2.25 bits per heavy atom. The fraction of sp³-hybridized carbons (Fsp3) is 0.676. The van der Waals surface area contributed by atoms with Crippen molar-refractivity contribution in [2.24, 2.45) is 17.6 Å². The molecule has 0 aromatic carbocycles. The molecular formula is C34H53N7O12S3. The number of carboxylic acids is 2. The third kappa shape index (κ3) is 16.6. The summed E-state index contributed by atoms with van der Waals surface area (Å²) in [6.45, 7) is 7.95. The van der Waals surface area contributed by atoms with Crippen LogP contribution in [0.4, 0.5) is 0 Å². The molecule has 56 heavy (non-hydrogen) atoms. The first-order chi connectivity index (χ1) is 26.3. The van der Waals surface area contributed by atoms with Crippen LogP contribution in [0, 0.1) is 11.8 Å². The fourth-order valence-electron chi connectivity index (χ4n) is 5.19. The number of carbonyl (C=O) groups is 9. The molecule has 0 saturated carbocycles. The molecule has 2 aliphatic rings. The molecule has 19 nitrogen and oxygen atoms in total. The second-order valence-corrected chi connectivity index (χ2v) is 17.9. The summed E-state index contributed by atoms with van der Waals surface area (Å²) >= 11 is 1.30. The number of aliphatic carboxylic acids is 2. The Morgan fingerprint density at radius 1 is 0.946 bits per heavy atom. The van der Waals surface area contributed by atoms with Gasteiger partial charge in [0.15, 0.2) is 0 Å². The van der Waals surface area contributed by atoms with Gasteiger partial charge in [0.1, 0.15) is 48.9 Å². The number of esters is 1.